The summed E-state index contributed by atoms with van der Waals surface area (Å²) in [4.78, 5) is 35.1. The lowest BCUT2D eigenvalue weighted by Crippen LogP contribution is -2.32. The van der Waals surface area contributed by atoms with Crippen LogP contribution in [0.5, 0.6) is 0 Å². The quantitative estimate of drug-likeness (QED) is 0.838. The molecule has 2 saturated heterocycles. The van der Waals surface area contributed by atoms with Crippen molar-refractivity contribution in [2.24, 2.45) is 11.8 Å². The van der Waals surface area contributed by atoms with Gasteiger partial charge in [0.1, 0.15) is 0 Å². The van der Waals surface area contributed by atoms with Crippen LogP contribution in [-0.2, 0) is 0 Å². The van der Waals surface area contributed by atoms with Gasteiger partial charge in [-0.3, -0.25) is 14.6 Å². The van der Waals surface area contributed by atoms with E-state index in [4.69, 9.17) is 5.73 Å². The summed E-state index contributed by atoms with van der Waals surface area (Å²) >= 11 is 0. The summed E-state index contributed by atoms with van der Waals surface area (Å²) in [5.74, 6) is 1.34. The van der Waals surface area contributed by atoms with E-state index >= 15 is 0 Å². The smallest absolute Gasteiger partial charge is 0.253 e. The molecular formula is C18H21N5O2. The van der Waals surface area contributed by atoms with Crippen molar-refractivity contribution in [3.05, 3.63) is 46.2 Å². The number of hydrogen-bond acceptors (Lipinski definition) is 5. The van der Waals surface area contributed by atoms with Crippen molar-refractivity contribution >= 4 is 11.9 Å². The minimum atomic E-state index is -0.295. The standard InChI is InChI=1S/C18H21N5O2/c1-22-7-13-9-23(10-14(13)8-22)17(25)12-4-2-11(3-5-12)15-6-16(24)21-18(19)20-15/h2-6,13-14H,7-10H2,1H3,(H3,19,20,21,24)/t13-,14+. The van der Waals surface area contributed by atoms with Crippen molar-refractivity contribution in [3.63, 3.8) is 0 Å². The number of rotatable bonds is 2. The molecule has 0 aliphatic carbocycles. The van der Waals surface area contributed by atoms with E-state index in [1.54, 1.807) is 24.3 Å². The van der Waals surface area contributed by atoms with Crippen LogP contribution >= 0.6 is 0 Å². The number of hydrogen-bond donors (Lipinski definition) is 2. The van der Waals surface area contributed by atoms with Crippen LogP contribution in [0.2, 0.25) is 0 Å². The molecule has 0 spiro atoms. The van der Waals surface area contributed by atoms with E-state index in [1.807, 2.05) is 4.90 Å². The van der Waals surface area contributed by atoms with Gasteiger partial charge in [0.25, 0.3) is 11.5 Å². The Hall–Kier alpha value is -2.67. The first-order chi connectivity index (χ1) is 12.0. The molecule has 2 atom stereocenters. The maximum Gasteiger partial charge on any atom is 0.253 e. The number of aromatic amines is 1. The third-order valence-corrected chi connectivity index (χ3v) is 5.14. The van der Waals surface area contributed by atoms with E-state index in [-0.39, 0.29) is 17.4 Å². The number of nitrogens with zero attached hydrogens (tertiary/aromatic N) is 3. The SMILES string of the molecule is CN1C[C@@H]2CN(C(=O)c3ccc(-c4cc(=O)[nH]c(N)n4)cc3)C[C@@H]2C1. The van der Waals surface area contributed by atoms with Crippen molar-refractivity contribution in [2.75, 3.05) is 39.0 Å². The molecule has 2 aliphatic rings. The first-order valence-electron chi connectivity index (χ1n) is 8.44. The molecule has 130 valence electrons. The number of nitrogens with two attached hydrogens (primary N) is 1. The molecule has 3 heterocycles. The number of nitrogen functional groups attached to an aromatic ring is 1. The lowest BCUT2D eigenvalue weighted by atomic mass is 10.0. The van der Waals surface area contributed by atoms with Crippen LogP contribution in [0.4, 0.5) is 5.95 Å². The molecule has 1 aromatic carbocycles. The summed E-state index contributed by atoms with van der Waals surface area (Å²) in [6.07, 6.45) is 0. The lowest BCUT2D eigenvalue weighted by Gasteiger charge is -2.19. The summed E-state index contributed by atoms with van der Waals surface area (Å²) in [6.45, 7) is 3.82. The van der Waals surface area contributed by atoms with Crippen LogP contribution in [-0.4, -0.2) is 58.9 Å². The molecule has 7 heteroatoms. The minimum Gasteiger partial charge on any atom is -0.369 e. The van der Waals surface area contributed by atoms with Crippen molar-refractivity contribution < 1.29 is 4.79 Å². The van der Waals surface area contributed by atoms with Crippen LogP contribution in [0, 0.1) is 11.8 Å². The molecule has 2 fully saturated rings. The summed E-state index contributed by atoms with van der Waals surface area (Å²) in [5, 5.41) is 0. The largest absolute Gasteiger partial charge is 0.369 e. The zero-order chi connectivity index (χ0) is 17.6. The molecule has 2 aromatic rings. The Kier molecular flexibility index (Phi) is 3.80. The molecule has 2 aliphatic heterocycles. The Morgan fingerprint density at radius 2 is 1.80 bits per heavy atom. The number of anilines is 1. The highest BCUT2D eigenvalue weighted by molar-refractivity contribution is 5.94. The number of nitrogens with one attached hydrogen (secondary N) is 1. The van der Waals surface area contributed by atoms with Gasteiger partial charge in [-0.15, -0.1) is 0 Å². The molecule has 0 radical (unpaired) electrons. The molecule has 3 N–H and O–H groups in total. The molecule has 0 bridgehead atoms. The number of benzene rings is 1. The van der Waals surface area contributed by atoms with E-state index in [0.717, 1.165) is 31.7 Å². The maximum absolute atomic E-state index is 12.7. The number of carbonyl (C=O) groups is 1. The zero-order valence-corrected chi connectivity index (χ0v) is 14.1. The third kappa shape index (κ3) is 3.02. The normalized spacial score (nSPS) is 23.0. The lowest BCUT2D eigenvalue weighted by molar-refractivity contribution is 0.0776. The molecule has 7 nitrogen and oxygen atoms in total. The minimum absolute atomic E-state index is 0.0713. The van der Waals surface area contributed by atoms with E-state index < -0.39 is 0 Å². The number of aromatic nitrogens is 2. The average molecular weight is 339 g/mol. The highest BCUT2D eigenvalue weighted by Gasteiger charge is 2.40. The fourth-order valence-electron chi connectivity index (χ4n) is 3.98. The van der Waals surface area contributed by atoms with Crippen LogP contribution in [0.1, 0.15) is 10.4 Å². The van der Waals surface area contributed by atoms with E-state index in [1.165, 1.54) is 6.07 Å². The van der Waals surface area contributed by atoms with Gasteiger partial charge in [0.05, 0.1) is 5.69 Å². The van der Waals surface area contributed by atoms with Gasteiger partial charge in [-0.05, 0) is 31.0 Å². The van der Waals surface area contributed by atoms with Gasteiger partial charge in [0.15, 0.2) is 0 Å². The monoisotopic (exact) mass is 339 g/mol. The van der Waals surface area contributed by atoms with Gasteiger partial charge in [-0.2, -0.15) is 0 Å². The zero-order valence-electron chi connectivity index (χ0n) is 14.1. The predicted molar refractivity (Wildman–Crippen MR) is 95.1 cm³/mol. The first kappa shape index (κ1) is 15.8. The van der Waals surface area contributed by atoms with Crippen LogP contribution in [0.25, 0.3) is 11.3 Å². The van der Waals surface area contributed by atoms with Crippen LogP contribution in [0.15, 0.2) is 35.1 Å². The van der Waals surface area contributed by atoms with Crippen molar-refractivity contribution in [1.29, 1.82) is 0 Å². The molecule has 1 amide bonds. The second-order valence-electron chi connectivity index (χ2n) is 7.04. The van der Waals surface area contributed by atoms with Gasteiger partial charge in [-0.25, -0.2) is 4.98 Å². The van der Waals surface area contributed by atoms with Gasteiger partial charge in [0.2, 0.25) is 5.95 Å². The average Bonchev–Trinajstić information content (AvgIpc) is 3.11. The summed E-state index contributed by atoms with van der Waals surface area (Å²) in [5.41, 5.74) is 7.21. The fourth-order valence-corrected chi connectivity index (χ4v) is 3.98. The van der Waals surface area contributed by atoms with E-state index in [2.05, 4.69) is 21.9 Å². The van der Waals surface area contributed by atoms with Gasteiger partial charge < -0.3 is 15.5 Å². The Morgan fingerprint density at radius 3 is 2.40 bits per heavy atom. The second-order valence-corrected chi connectivity index (χ2v) is 7.04. The fraction of sp³-hybridized carbons (Fsp3) is 0.389. The first-order valence-corrected chi connectivity index (χ1v) is 8.44. The van der Waals surface area contributed by atoms with Gasteiger partial charge >= 0.3 is 0 Å². The number of likely N-dealkylation sites (tertiary alicyclic amines) is 2. The molecule has 4 rings (SSSR count). The van der Waals surface area contributed by atoms with Gasteiger partial charge in [0, 0.05) is 43.4 Å². The van der Waals surface area contributed by atoms with Crippen molar-refractivity contribution in [1.82, 2.24) is 19.8 Å². The molecular weight excluding hydrogens is 318 g/mol. The predicted octanol–water partition coefficient (Wildman–Crippen LogP) is 0.653. The Balaban J connectivity index is 1.50. The van der Waals surface area contributed by atoms with Crippen LogP contribution < -0.4 is 11.3 Å². The van der Waals surface area contributed by atoms with Crippen LogP contribution in [0.3, 0.4) is 0 Å². The topological polar surface area (TPSA) is 95.3 Å². The Labute approximate surface area is 145 Å². The molecule has 1 aromatic heterocycles. The highest BCUT2D eigenvalue weighted by atomic mass is 16.2. The highest BCUT2D eigenvalue weighted by Crippen LogP contribution is 2.31. The number of fused-ring (bicyclic) bond motifs is 1. The number of H-pyrrole nitrogens is 1. The maximum atomic E-state index is 12.7. The number of amides is 1. The summed E-state index contributed by atoms with van der Waals surface area (Å²) < 4.78 is 0. The third-order valence-electron chi connectivity index (χ3n) is 5.14. The summed E-state index contributed by atoms with van der Waals surface area (Å²) in [7, 11) is 2.14. The van der Waals surface area contributed by atoms with Crippen molar-refractivity contribution in [2.45, 2.75) is 0 Å². The second kappa shape index (κ2) is 6.00. The molecule has 25 heavy (non-hydrogen) atoms. The summed E-state index contributed by atoms with van der Waals surface area (Å²) in [6, 6.07) is 8.58. The molecule has 0 unspecified atom stereocenters. The van der Waals surface area contributed by atoms with Crippen molar-refractivity contribution in [3.8, 4) is 11.3 Å². The van der Waals surface area contributed by atoms with E-state index in [9.17, 15) is 9.59 Å². The Morgan fingerprint density at radius 1 is 1.16 bits per heavy atom. The van der Waals surface area contributed by atoms with E-state index in [0.29, 0.717) is 23.1 Å². The molecule has 0 saturated carbocycles. The van der Waals surface area contributed by atoms with Gasteiger partial charge in [-0.1, -0.05) is 12.1 Å². The number of carbonyl (C=O) groups excluding carboxylic acids is 1. The Bertz CT molecular complexity index is 847.